The van der Waals surface area contributed by atoms with Crippen molar-refractivity contribution >= 4 is 16.6 Å². The average molecular weight is 537 g/mol. The first kappa shape index (κ1) is 30.0. The SMILES string of the molecule is CC(C)(C)[Si](C)(C)OC[C@@]1(CCO)O[C@@H](n2cc(F)c(=O)[nH]c2=O)[C@@H](F)[C@@H]1O[Si](C)(C)C(C)(C)C. The van der Waals surface area contributed by atoms with Gasteiger partial charge in [0.05, 0.1) is 12.8 Å². The fraction of sp³-hybridized carbons (Fsp3) is 0.826. The van der Waals surface area contributed by atoms with Crippen molar-refractivity contribution in [1.29, 1.82) is 0 Å². The van der Waals surface area contributed by atoms with Crippen molar-refractivity contribution in [2.24, 2.45) is 0 Å². The Morgan fingerprint density at radius 3 is 2.14 bits per heavy atom. The van der Waals surface area contributed by atoms with Crippen LogP contribution in [0, 0.1) is 5.82 Å². The molecule has 0 aliphatic carbocycles. The quantitative estimate of drug-likeness (QED) is 0.486. The first-order valence-electron chi connectivity index (χ1n) is 11.9. The predicted octanol–water partition coefficient (Wildman–Crippen LogP) is 4.08. The van der Waals surface area contributed by atoms with Gasteiger partial charge in [0, 0.05) is 13.0 Å². The molecule has 12 heteroatoms. The van der Waals surface area contributed by atoms with Crippen LogP contribution in [0.5, 0.6) is 0 Å². The second-order valence-electron chi connectivity index (χ2n) is 12.5. The van der Waals surface area contributed by atoms with Crippen molar-refractivity contribution in [1.82, 2.24) is 9.55 Å². The van der Waals surface area contributed by atoms with Gasteiger partial charge in [-0.05, 0) is 36.3 Å². The van der Waals surface area contributed by atoms with E-state index in [1.54, 1.807) is 0 Å². The molecular formula is C23H42F2N2O6Si2. The normalized spacial score (nSPS) is 26.4. The number of hydrogen-bond donors (Lipinski definition) is 2. The van der Waals surface area contributed by atoms with E-state index in [1.165, 1.54) is 0 Å². The Kier molecular flexibility index (Phi) is 8.53. The van der Waals surface area contributed by atoms with Gasteiger partial charge in [0.15, 0.2) is 29.0 Å². The van der Waals surface area contributed by atoms with E-state index in [-0.39, 0.29) is 29.7 Å². The minimum absolute atomic E-state index is 0.0155. The summed E-state index contributed by atoms with van der Waals surface area (Å²) in [6.07, 6.45) is -4.02. The number of rotatable bonds is 8. The molecule has 1 aliphatic rings. The third-order valence-corrected chi connectivity index (χ3v) is 16.8. The van der Waals surface area contributed by atoms with E-state index in [9.17, 15) is 19.1 Å². The number of ether oxygens (including phenoxy) is 1. The Labute approximate surface area is 208 Å². The van der Waals surface area contributed by atoms with Crippen LogP contribution in [0.25, 0.3) is 0 Å². The fourth-order valence-corrected chi connectivity index (χ4v) is 5.81. The maximum atomic E-state index is 16.2. The van der Waals surface area contributed by atoms with Crippen molar-refractivity contribution in [3.8, 4) is 0 Å². The molecule has 0 bridgehead atoms. The first-order chi connectivity index (χ1) is 15.7. The van der Waals surface area contributed by atoms with Crippen molar-refractivity contribution in [3.05, 3.63) is 32.9 Å². The van der Waals surface area contributed by atoms with Gasteiger partial charge in [0.25, 0.3) is 5.56 Å². The highest BCUT2D eigenvalue weighted by Crippen LogP contribution is 2.48. The van der Waals surface area contributed by atoms with Gasteiger partial charge in [0.2, 0.25) is 5.82 Å². The summed E-state index contributed by atoms with van der Waals surface area (Å²) >= 11 is 0. The van der Waals surface area contributed by atoms with E-state index in [1.807, 2.05) is 51.9 Å². The Balaban J connectivity index is 2.62. The molecule has 1 aromatic heterocycles. The zero-order chi connectivity index (χ0) is 27.2. The number of alkyl halides is 1. The third kappa shape index (κ3) is 6.04. The smallest absolute Gasteiger partial charge is 0.330 e. The first-order valence-corrected chi connectivity index (χ1v) is 17.8. The standard InChI is InChI=1S/C23H42F2N2O6Si2/c1-21(2,3)34(7,8)31-14-23(11-12-28)17(33-35(9,10)22(4,5)6)16(25)19(32-23)27-13-15(24)18(29)26-20(27)30/h13,16-17,19,28H,11-12,14H2,1-10H3,(H,26,29,30)/t16-,17-,19+,23+/m0/s1. The maximum Gasteiger partial charge on any atom is 0.330 e. The number of hydrogen-bond acceptors (Lipinski definition) is 6. The zero-order valence-corrected chi connectivity index (χ0v) is 24.6. The molecule has 0 amide bonds. The van der Waals surface area contributed by atoms with Crippen LogP contribution in [0.15, 0.2) is 15.8 Å². The molecule has 202 valence electrons. The molecule has 8 nitrogen and oxygen atoms in total. The number of halogens is 2. The number of aromatic amines is 1. The number of aromatic nitrogens is 2. The molecule has 1 aliphatic heterocycles. The largest absolute Gasteiger partial charge is 0.414 e. The summed E-state index contributed by atoms with van der Waals surface area (Å²) in [5, 5.41) is 9.56. The number of aliphatic hydroxyl groups excluding tert-OH is 1. The van der Waals surface area contributed by atoms with E-state index in [0.29, 0.717) is 10.8 Å². The molecule has 0 spiro atoms. The topological polar surface area (TPSA) is 103 Å². The van der Waals surface area contributed by atoms with Crippen LogP contribution in [0.1, 0.15) is 54.2 Å². The molecule has 35 heavy (non-hydrogen) atoms. The summed E-state index contributed by atoms with van der Waals surface area (Å²) in [5.74, 6) is -1.24. The lowest BCUT2D eigenvalue weighted by atomic mass is 9.93. The second-order valence-corrected chi connectivity index (χ2v) is 22.0. The van der Waals surface area contributed by atoms with E-state index < -0.39 is 57.8 Å². The van der Waals surface area contributed by atoms with Crippen molar-refractivity contribution in [2.75, 3.05) is 13.2 Å². The minimum Gasteiger partial charge on any atom is -0.414 e. The van der Waals surface area contributed by atoms with Crippen LogP contribution in [-0.2, 0) is 13.6 Å². The number of aliphatic hydroxyl groups is 1. The Morgan fingerprint density at radius 1 is 1.11 bits per heavy atom. The summed E-state index contributed by atoms with van der Waals surface area (Å²) in [6.45, 7) is 19.9. The van der Waals surface area contributed by atoms with Crippen LogP contribution < -0.4 is 11.2 Å². The fourth-order valence-electron chi connectivity index (χ4n) is 3.44. The van der Waals surface area contributed by atoms with Crippen molar-refractivity contribution in [3.63, 3.8) is 0 Å². The molecule has 0 radical (unpaired) electrons. The molecule has 1 fully saturated rings. The van der Waals surface area contributed by atoms with Crippen molar-refractivity contribution in [2.45, 2.75) is 108 Å². The number of nitrogens with one attached hydrogen (secondary N) is 1. The van der Waals surface area contributed by atoms with Gasteiger partial charge in [-0.1, -0.05) is 41.5 Å². The molecule has 2 heterocycles. The molecule has 0 unspecified atom stereocenters. The summed E-state index contributed by atoms with van der Waals surface area (Å²) in [4.78, 5) is 25.9. The van der Waals surface area contributed by atoms with Gasteiger partial charge in [-0.15, -0.1) is 0 Å². The highest BCUT2D eigenvalue weighted by molar-refractivity contribution is 6.74. The molecule has 4 atom stereocenters. The van der Waals surface area contributed by atoms with Gasteiger partial charge in [0.1, 0.15) is 11.7 Å². The van der Waals surface area contributed by atoms with E-state index in [2.05, 4.69) is 20.8 Å². The molecule has 2 N–H and O–H groups in total. The zero-order valence-electron chi connectivity index (χ0n) is 22.6. The predicted molar refractivity (Wildman–Crippen MR) is 136 cm³/mol. The summed E-state index contributed by atoms with van der Waals surface area (Å²) in [6, 6.07) is 0. The lowest BCUT2D eigenvalue weighted by molar-refractivity contribution is -0.132. The van der Waals surface area contributed by atoms with Gasteiger partial charge in [-0.2, -0.15) is 4.39 Å². The Morgan fingerprint density at radius 2 is 1.66 bits per heavy atom. The summed E-state index contributed by atoms with van der Waals surface area (Å²) in [7, 11) is -4.90. The molecule has 1 saturated heterocycles. The molecule has 0 saturated carbocycles. The number of nitrogens with zero attached hydrogens (tertiary/aromatic N) is 1. The van der Waals surface area contributed by atoms with Crippen LogP contribution >= 0.6 is 0 Å². The lowest BCUT2D eigenvalue weighted by Gasteiger charge is -2.45. The Hall–Kier alpha value is -1.19. The highest BCUT2D eigenvalue weighted by atomic mass is 28.4. The summed E-state index contributed by atoms with van der Waals surface area (Å²) in [5.41, 5.74) is -3.63. The van der Waals surface area contributed by atoms with Gasteiger partial charge in [-0.25, -0.2) is 9.18 Å². The van der Waals surface area contributed by atoms with Crippen LogP contribution in [0.2, 0.25) is 36.3 Å². The van der Waals surface area contributed by atoms with Gasteiger partial charge < -0.3 is 18.7 Å². The van der Waals surface area contributed by atoms with E-state index >= 15 is 4.39 Å². The maximum absolute atomic E-state index is 16.2. The summed E-state index contributed by atoms with van der Waals surface area (Å²) < 4.78 is 50.1. The van der Waals surface area contributed by atoms with Crippen LogP contribution in [-0.4, -0.2) is 62.4 Å². The van der Waals surface area contributed by atoms with E-state index in [0.717, 1.165) is 0 Å². The number of H-pyrrole nitrogens is 1. The van der Waals surface area contributed by atoms with Gasteiger partial charge in [-0.3, -0.25) is 14.3 Å². The monoisotopic (exact) mass is 536 g/mol. The molecule has 2 rings (SSSR count). The minimum atomic E-state index is -2.57. The van der Waals surface area contributed by atoms with Gasteiger partial charge >= 0.3 is 5.69 Å². The average Bonchev–Trinajstić information content (AvgIpc) is 2.94. The molecular weight excluding hydrogens is 494 g/mol. The Bertz CT molecular complexity index is 1010. The lowest BCUT2D eigenvalue weighted by Crippen LogP contribution is -2.57. The van der Waals surface area contributed by atoms with E-state index in [4.69, 9.17) is 13.6 Å². The highest BCUT2D eigenvalue weighted by Gasteiger charge is 2.60. The van der Waals surface area contributed by atoms with Crippen LogP contribution in [0.4, 0.5) is 8.78 Å². The molecule has 1 aromatic rings. The van der Waals surface area contributed by atoms with Crippen LogP contribution in [0.3, 0.4) is 0 Å². The van der Waals surface area contributed by atoms with Crippen molar-refractivity contribution < 1.29 is 27.5 Å². The third-order valence-electron chi connectivity index (χ3n) is 7.88. The molecule has 0 aromatic carbocycles. The second kappa shape index (κ2) is 9.94.